The van der Waals surface area contributed by atoms with Crippen LogP contribution in [0, 0.1) is 0 Å². The molecule has 0 aliphatic heterocycles. The van der Waals surface area contributed by atoms with Gasteiger partial charge in [0.1, 0.15) is 0 Å². The summed E-state index contributed by atoms with van der Waals surface area (Å²) in [5.41, 5.74) is 1.56. The van der Waals surface area contributed by atoms with Gasteiger partial charge in [-0.3, -0.25) is 4.68 Å². The van der Waals surface area contributed by atoms with Crippen LogP contribution in [-0.2, 0) is 19.5 Å². The fourth-order valence-electron chi connectivity index (χ4n) is 1.89. The van der Waals surface area contributed by atoms with Crippen LogP contribution in [0.25, 0.3) is 0 Å². The highest BCUT2D eigenvalue weighted by Crippen LogP contribution is 2.11. The maximum absolute atomic E-state index is 9.39. The van der Waals surface area contributed by atoms with Gasteiger partial charge >= 0.3 is 0 Å². The maximum Gasteiger partial charge on any atom is 0.0648 e. The van der Waals surface area contributed by atoms with E-state index in [0.29, 0.717) is 13.0 Å². The zero-order chi connectivity index (χ0) is 13.6. The van der Waals surface area contributed by atoms with E-state index >= 15 is 0 Å². The molecule has 0 radical (unpaired) electrons. The highest BCUT2D eigenvalue weighted by atomic mass is 16.3. The van der Waals surface area contributed by atoms with Gasteiger partial charge in [0.15, 0.2) is 0 Å². The predicted molar refractivity (Wildman–Crippen MR) is 71.3 cm³/mol. The Morgan fingerprint density at radius 1 is 1.28 bits per heavy atom. The second kappa shape index (κ2) is 6.87. The average molecular weight is 255 g/mol. The van der Waals surface area contributed by atoms with Crippen molar-refractivity contribution in [1.29, 1.82) is 0 Å². The van der Waals surface area contributed by atoms with Gasteiger partial charge in [0.2, 0.25) is 0 Å². The molecule has 0 fully saturated rings. The standard InChI is InChI=1S/C13H25N3O2/c1-4-11-7-12(16(6-3)15-11)8-14-13(5-2,9-17)10-18/h7,14,17-18H,4-6,8-10H2,1-3H3. The van der Waals surface area contributed by atoms with Gasteiger partial charge in [-0.2, -0.15) is 5.10 Å². The number of nitrogens with one attached hydrogen (secondary N) is 1. The molecule has 0 spiro atoms. The highest BCUT2D eigenvalue weighted by Gasteiger charge is 2.26. The lowest BCUT2D eigenvalue weighted by molar-refractivity contribution is 0.0858. The number of aliphatic hydroxyl groups excluding tert-OH is 2. The Bertz CT molecular complexity index is 351. The molecule has 0 unspecified atom stereocenters. The molecule has 5 heteroatoms. The van der Waals surface area contributed by atoms with Crippen LogP contribution in [0.2, 0.25) is 0 Å². The van der Waals surface area contributed by atoms with Crippen molar-refractivity contribution >= 4 is 0 Å². The van der Waals surface area contributed by atoms with E-state index in [1.54, 1.807) is 0 Å². The van der Waals surface area contributed by atoms with E-state index < -0.39 is 5.54 Å². The second-order valence-electron chi connectivity index (χ2n) is 4.60. The molecule has 18 heavy (non-hydrogen) atoms. The van der Waals surface area contributed by atoms with E-state index in [1.807, 2.05) is 11.6 Å². The fraction of sp³-hybridized carbons (Fsp3) is 0.769. The van der Waals surface area contributed by atoms with Crippen LogP contribution in [0.15, 0.2) is 6.07 Å². The molecule has 1 aromatic heterocycles. The summed E-state index contributed by atoms with van der Waals surface area (Å²) >= 11 is 0. The molecular formula is C13H25N3O2. The lowest BCUT2D eigenvalue weighted by Crippen LogP contribution is -2.51. The summed E-state index contributed by atoms with van der Waals surface area (Å²) in [5.74, 6) is 0. The summed E-state index contributed by atoms with van der Waals surface area (Å²) in [6.45, 7) is 7.39. The number of aromatic nitrogens is 2. The average Bonchev–Trinajstić information content (AvgIpc) is 2.83. The summed E-state index contributed by atoms with van der Waals surface area (Å²) in [6, 6.07) is 2.08. The molecule has 1 aromatic rings. The first-order chi connectivity index (χ1) is 8.64. The summed E-state index contributed by atoms with van der Waals surface area (Å²) in [4.78, 5) is 0. The van der Waals surface area contributed by atoms with E-state index in [1.165, 1.54) is 0 Å². The number of hydrogen-bond donors (Lipinski definition) is 3. The number of aryl methyl sites for hydroxylation is 2. The van der Waals surface area contributed by atoms with Gasteiger partial charge in [0.25, 0.3) is 0 Å². The smallest absolute Gasteiger partial charge is 0.0648 e. The summed E-state index contributed by atoms with van der Waals surface area (Å²) in [6.07, 6.45) is 1.60. The second-order valence-corrected chi connectivity index (χ2v) is 4.60. The van der Waals surface area contributed by atoms with Crippen molar-refractivity contribution in [2.45, 2.75) is 52.2 Å². The third-order valence-corrected chi connectivity index (χ3v) is 3.50. The molecule has 0 aromatic carbocycles. The number of aliphatic hydroxyl groups is 2. The van der Waals surface area contributed by atoms with Crippen LogP contribution in [0.4, 0.5) is 0 Å². The van der Waals surface area contributed by atoms with E-state index in [0.717, 1.165) is 24.4 Å². The molecule has 5 nitrogen and oxygen atoms in total. The Morgan fingerprint density at radius 3 is 2.39 bits per heavy atom. The van der Waals surface area contributed by atoms with Crippen LogP contribution in [-0.4, -0.2) is 38.7 Å². The maximum atomic E-state index is 9.39. The molecule has 1 rings (SSSR count). The molecule has 0 saturated heterocycles. The molecule has 1 heterocycles. The van der Waals surface area contributed by atoms with Crippen LogP contribution in [0.3, 0.4) is 0 Å². The SMILES string of the molecule is CCc1cc(CNC(CC)(CO)CO)n(CC)n1. The number of nitrogens with zero attached hydrogens (tertiary/aromatic N) is 2. The molecule has 0 aliphatic carbocycles. The van der Waals surface area contributed by atoms with E-state index in [9.17, 15) is 10.2 Å². The molecule has 0 bridgehead atoms. The monoisotopic (exact) mass is 255 g/mol. The molecule has 0 aliphatic rings. The Labute approximate surface area is 109 Å². The largest absolute Gasteiger partial charge is 0.394 e. The van der Waals surface area contributed by atoms with E-state index in [-0.39, 0.29) is 13.2 Å². The topological polar surface area (TPSA) is 70.3 Å². The quantitative estimate of drug-likeness (QED) is 0.639. The summed E-state index contributed by atoms with van der Waals surface area (Å²) < 4.78 is 1.96. The zero-order valence-corrected chi connectivity index (χ0v) is 11.6. The first-order valence-electron chi connectivity index (χ1n) is 6.67. The highest BCUT2D eigenvalue weighted by molar-refractivity contribution is 5.11. The van der Waals surface area contributed by atoms with Gasteiger partial charge in [0.05, 0.1) is 30.1 Å². The van der Waals surface area contributed by atoms with Crippen molar-refractivity contribution in [3.63, 3.8) is 0 Å². The fourth-order valence-corrected chi connectivity index (χ4v) is 1.89. The number of rotatable bonds is 8. The van der Waals surface area contributed by atoms with Crippen LogP contribution in [0.5, 0.6) is 0 Å². The Balaban J connectivity index is 2.75. The van der Waals surface area contributed by atoms with Gasteiger partial charge in [-0.15, -0.1) is 0 Å². The van der Waals surface area contributed by atoms with Gasteiger partial charge in [-0.1, -0.05) is 13.8 Å². The normalized spacial score (nSPS) is 12.1. The third kappa shape index (κ3) is 3.31. The minimum atomic E-state index is -0.602. The van der Waals surface area contributed by atoms with Crippen LogP contribution in [0.1, 0.15) is 38.6 Å². The number of hydrogen-bond acceptors (Lipinski definition) is 4. The van der Waals surface area contributed by atoms with E-state index in [2.05, 4.69) is 30.3 Å². The van der Waals surface area contributed by atoms with Gasteiger partial charge in [0, 0.05) is 13.1 Å². The van der Waals surface area contributed by atoms with Crippen LogP contribution < -0.4 is 5.32 Å². The van der Waals surface area contributed by atoms with Crippen molar-refractivity contribution in [3.8, 4) is 0 Å². The molecule has 0 saturated carbocycles. The summed E-state index contributed by atoms with van der Waals surface area (Å²) in [7, 11) is 0. The zero-order valence-electron chi connectivity index (χ0n) is 11.6. The molecular weight excluding hydrogens is 230 g/mol. The third-order valence-electron chi connectivity index (χ3n) is 3.50. The first-order valence-corrected chi connectivity index (χ1v) is 6.67. The van der Waals surface area contributed by atoms with Crippen molar-refractivity contribution in [2.24, 2.45) is 0 Å². The Hall–Kier alpha value is -0.910. The van der Waals surface area contributed by atoms with E-state index in [4.69, 9.17) is 0 Å². The molecule has 0 amide bonds. The van der Waals surface area contributed by atoms with Crippen molar-refractivity contribution in [3.05, 3.63) is 17.5 Å². The van der Waals surface area contributed by atoms with Crippen molar-refractivity contribution in [1.82, 2.24) is 15.1 Å². The minimum absolute atomic E-state index is 0.0686. The Kier molecular flexibility index (Phi) is 5.78. The first kappa shape index (κ1) is 15.1. The van der Waals surface area contributed by atoms with Crippen LogP contribution >= 0.6 is 0 Å². The Morgan fingerprint density at radius 2 is 1.94 bits per heavy atom. The van der Waals surface area contributed by atoms with Gasteiger partial charge in [-0.25, -0.2) is 0 Å². The van der Waals surface area contributed by atoms with Gasteiger partial charge in [-0.05, 0) is 25.8 Å². The lowest BCUT2D eigenvalue weighted by atomic mass is 9.98. The van der Waals surface area contributed by atoms with Crippen molar-refractivity contribution < 1.29 is 10.2 Å². The predicted octanol–water partition coefficient (Wildman–Crippen LogP) is 0.688. The minimum Gasteiger partial charge on any atom is -0.394 e. The molecule has 104 valence electrons. The summed E-state index contributed by atoms with van der Waals surface area (Å²) in [5, 5.41) is 26.5. The van der Waals surface area contributed by atoms with Crippen molar-refractivity contribution in [2.75, 3.05) is 13.2 Å². The van der Waals surface area contributed by atoms with Gasteiger partial charge < -0.3 is 15.5 Å². The molecule has 3 N–H and O–H groups in total. The molecule has 0 atom stereocenters. The lowest BCUT2D eigenvalue weighted by Gasteiger charge is -2.29.